The highest BCUT2D eigenvalue weighted by molar-refractivity contribution is 7.10. The minimum absolute atomic E-state index is 0.0743. The van der Waals surface area contributed by atoms with Crippen molar-refractivity contribution < 1.29 is 27.9 Å². The summed E-state index contributed by atoms with van der Waals surface area (Å²) in [5.41, 5.74) is 14.7. The second kappa shape index (κ2) is 13.0. The fraction of sp³-hybridized carbons (Fsp3) is 0.394. The number of thiophene rings is 1. The average Bonchev–Trinajstić information content (AvgIpc) is 3.35. The number of piperidine rings is 1. The van der Waals surface area contributed by atoms with Gasteiger partial charge in [0.15, 0.2) is 0 Å². The molecule has 2 fully saturated rings. The van der Waals surface area contributed by atoms with Crippen LogP contribution < -0.4 is 16.4 Å². The van der Waals surface area contributed by atoms with E-state index < -0.39 is 41.8 Å². The molecule has 3 amide bonds. The predicted molar refractivity (Wildman–Crippen MR) is 175 cm³/mol. The molecule has 250 valence electrons. The fourth-order valence-electron chi connectivity index (χ4n) is 6.75. The number of carbonyl (C=O) groups excluding carboxylic acids is 3. The van der Waals surface area contributed by atoms with E-state index in [-0.39, 0.29) is 40.0 Å². The zero-order chi connectivity index (χ0) is 34.2. The Morgan fingerprint density at radius 2 is 1.94 bits per heavy atom. The Labute approximate surface area is 278 Å². The lowest BCUT2D eigenvalue weighted by molar-refractivity contribution is -0.139. The molecule has 0 spiro atoms. The molecule has 1 unspecified atom stereocenters. The van der Waals surface area contributed by atoms with Crippen LogP contribution in [0.15, 0.2) is 59.0 Å². The third-order valence-electron chi connectivity index (χ3n) is 9.30. The van der Waals surface area contributed by atoms with E-state index in [1.165, 1.54) is 40.5 Å². The maximum absolute atomic E-state index is 15.0. The largest absolute Gasteiger partial charge is 0.384 e. The summed E-state index contributed by atoms with van der Waals surface area (Å²) in [5.74, 6) is -4.65. The van der Waals surface area contributed by atoms with Gasteiger partial charge in [-0.2, -0.15) is 8.78 Å². The maximum atomic E-state index is 15.0. The first-order chi connectivity index (χ1) is 23.0. The molecule has 12 nitrogen and oxygen atoms in total. The lowest BCUT2D eigenvalue weighted by Crippen LogP contribution is -2.51. The van der Waals surface area contributed by atoms with Crippen LogP contribution in [-0.4, -0.2) is 66.8 Å². The summed E-state index contributed by atoms with van der Waals surface area (Å²) < 4.78 is 35.9. The minimum atomic E-state index is -3.18. The second-order valence-corrected chi connectivity index (χ2v) is 13.4. The number of benzene rings is 2. The van der Waals surface area contributed by atoms with E-state index in [1.54, 1.807) is 29.6 Å². The zero-order valence-electron chi connectivity index (χ0n) is 26.0. The number of nitrogens with zero attached hydrogens (tertiary/aromatic N) is 4. The van der Waals surface area contributed by atoms with Crippen molar-refractivity contribution in [2.75, 3.05) is 26.3 Å². The van der Waals surface area contributed by atoms with Crippen molar-refractivity contribution in [3.05, 3.63) is 91.5 Å². The highest BCUT2D eigenvalue weighted by atomic mass is 32.1. The Balaban J connectivity index is 1.14. The highest BCUT2D eigenvalue weighted by Gasteiger charge is 2.67. The van der Waals surface area contributed by atoms with Crippen LogP contribution in [0.3, 0.4) is 0 Å². The van der Waals surface area contributed by atoms with Gasteiger partial charge in [-0.3, -0.25) is 19.8 Å². The number of hydrogen-bond acceptors (Lipinski definition) is 7. The number of alkyl halides is 2. The van der Waals surface area contributed by atoms with E-state index in [1.807, 2.05) is 6.92 Å². The molecule has 1 aliphatic heterocycles. The van der Waals surface area contributed by atoms with Gasteiger partial charge in [0, 0.05) is 62.0 Å². The number of fused-ring (bicyclic) bond motifs is 4. The summed E-state index contributed by atoms with van der Waals surface area (Å²) in [6, 6.07) is 10.4. The number of ether oxygens (including phenoxy) is 1. The first-order valence-corrected chi connectivity index (χ1v) is 16.4. The Kier molecular flexibility index (Phi) is 8.94. The average molecular weight is 677 g/mol. The van der Waals surface area contributed by atoms with E-state index >= 15 is 0 Å². The molecule has 3 aromatic rings. The molecule has 2 aromatic carbocycles. The van der Waals surface area contributed by atoms with Gasteiger partial charge in [0.1, 0.15) is 11.9 Å². The summed E-state index contributed by atoms with van der Waals surface area (Å²) in [4.78, 5) is 45.6. The molecular formula is C33H34F2N8O4S. The normalized spacial score (nSPS) is 21.7. The molecule has 48 heavy (non-hydrogen) atoms. The van der Waals surface area contributed by atoms with Crippen molar-refractivity contribution >= 4 is 34.9 Å². The molecule has 2 aliphatic carbocycles. The maximum Gasteiger partial charge on any atom is 0.299 e. The minimum Gasteiger partial charge on any atom is -0.384 e. The third kappa shape index (κ3) is 6.12. The summed E-state index contributed by atoms with van der Waals surface area (Å²) in [6.07, 6.45) is 1.54. The molecule has 1 aromatic heterocycles. The number of amidine groups is 1. The number of rotatable bonds is 13. The lowest BCUT2D eigenvalue weighted by Gasteiger charge is -2.28. The van der Waals surface area contributed by atoms with Crippen LogP contribution in [0.1, 0.15) is 64.2 Å². The number of azide groups is 1. The molecule has 1 saturated carbocycles. The van der Waals surface area contributed by atoms with Crippen LogP contribution in [0, 0.1) is 10.8 Å². The summed E-state index contributed by atoms with van der Waals surface area (Å²) >= 11 is 1.36. The van der Waals surface area contributed by atoms with E-state index in [9.17, 15) is 23.2 Å². The van der Waals surface area contributed by atoms with Crippen LogP contribution in [0.5, 0.6) is 0 Å². The van der Waals surface area contributed by atoms with Gasteiger partial charge in [-0.25, -0.2) is 0 Å². The number of nitrogen functional groups attached to an aromatic ring is 1. The van der Waals surface area contributed by atoms with Gasteiger partial charge >= 0.3 is 0 Å². The first-order valence-electron chi connectivity index (χ1n) is 15.5. The van der Waals surface area contributed by atoms with Crippen molar-refractivity contribution in [3.63, 3.8) is 0 Å². The molecule has 3 aliphatic rings. The molecular weight excluding hydrogens is 642 g/mol. The SMILES string of the molecule is CC(NC(=O)[C@@H]1C[C@]2(COCCCN=[N+]=[N-])C[C@@H]2N1C(=O)CNC(=O)c1ccc2c(c1)-c1ccccc1C2(F)F)c1cc(C(=N)N)cs1. The van der Waals surface area contributed by atoms with E-state index in [2.05, 4.69) is 20.7 Å². The molecule has 5 N–H and O–H groups in total. The smallest absolute Gasteiger partial charge is 0.299 e. The summed E-state index contributed by atoms with van der Waals surface area (Å²) in [7, 11) is 0. The van der Waals surface area contributed by atoms with Crippen LogP contribution in [-0.2, 0) is 20.2 Å². The van der Waals surface area contributed by atoms with Crippen molar-refractivity contribution in [1.82, 2.24) is 15.5 Å². The number of hydrogen-bond donors (Lipinski definition) is 4. The third-order valence-corrected chi connectivity index (χ3v) is 10.4. The fourth-order valence-corrected chi connectivity index (χ4v) is 7.66. The van der Waals surface area contributed by atoms with Crippen molar-refractivity contribution in [2.24, 2.45) is 16.3 Å². The van der Waals surface area contributed by atoms with Crippen molar-refractivity contribution in [1.29, 1.82) is 5.41 Å². The highest BCUT2D eigenvalue weighted by Crippen LogP contribution is 2.59. The zero-order valence-corrected chi connectivity index (χ0v) is 26.9. The van der Waals surface area contributed by atoms with Crippen molar-refractivity contribution in [2.45, 2.75) is 50.2 Å². The van der Waals surface area contributed by atoms with Gasteiger partial charge in [-0.1, -0.05) is 35.4 Å². The number of nitrogens with two attached hydrogens (primary N) is 1. The van der Waals surface area contributed by atoms with E-state index in [4.69, 9.17) is 21.4 Å². The van der Waals surface area contributed by atoms with E-state index in [0.717, 1.165) is 4.88 Å². The quantitative estimate of drug-likeness (QED) is 0.0503. The van der Waals surface area contributed by atoms with Crippen molar-refractivity contribution in [3.8, 4) is 11.1 Å². The molecule has 2 heterocycles. The second-order valence-electron chi connectivity index (χ2n) is 12.4. The van der Waals surface area contributed by atoms with Crippen LogP contribution in [0.25, 0.3) is 21.6 Å². The van der Waals surface area contributed by atoms with Gasteiger partial charge in [-0.05, 0) is 61.0 Å². The number of nitrogens with one attached hydrogen (secondary N) is 3. The van der Waals surface area contributed by atoms with E-state index in [0.29, 0.717) is 50.1 Å². The molecule has 6 rings (SSSR count). The van der Waals surface area contributed by atoms with Gasteiger partial charge in [0.25, 0.3) is 11.8 Å². The Morgan fingerprint density at radius 1 is 1.17 bits per heavy atom. The summed E-state index contributed by atoms with van der Waals surface area (Å²) in [6.45, 7) is 2.39. The van der Waals surface area contributed by atoms with Gasteiger partial charge in [0.05, 0.1) is 19.2 Å². The lowest BCUT2D eigenvalue weighted by atomic mass is 10.00. The monoisotopic (exact) mass is 676 g/mol. The Bertz CT molecular complexity index is 1840. The predicted octanol–water partition coefficient (Wildman–Crippen LogP) is 4.84. The molecule has 15 heteroatoms. The molecule has 0 radical (unpaired) electrons. The molecule has 0 bridgehead atoms. The molecule has 4 atom stereocenters. The van der Waals surface area contributed by atoms with Gasteiger partial charge in [0.2, 0.25) is 11.8 Å². The number of amides is 3. The topological polar surface area (TPSA) is 186 Å². The van der Waals surface area contributed by atoms with Crippen LogP contribution >= 0.6 is 11.3 Å². The standard InChI is InChI=1S/C33H34F2N8O4S/c1-18(26-12-20(16-48-26)29(36)37)41-31(46)25-13-32(17-47-10-4-9-40-42-38)14-27(32)43(25)28(44)15-39-30(45)19-7-8-24-22(11-19)21-5-2-3-6-23(21)33(24,34)35/h2-3,5-8,11-12,16,18,25,27H,4,9-10,13-15,17H2,1H3,(H3,36,37)(H,39,45)(H,41,46)/t18?,25-,27-,32+/m0/s1. The van der Waals surface area contributed by atoms with Crippen LogP contribution in [0.4, 0.5) is 8.78 Å². The first kappa shape index (κ1) is 33.1. The number of likely N-dealkylation sites (tertiary alicyclic amines) is 1. The van der Waals surface area contributed by atoms with Gasteiger partial charge in [-0.15, -0.1) is 11.3 Å². The summed E-state index contributed by atoms with van der Waals surface area (Å²) in [5, 5.41) is 18.5. The Hall–Kier alpha value is -4.85. The number of halogens is 2. The van der Waals surface area contributed by atoms with Crippen LogP contribution in [0.2, 0.25) is 0 Å². The van der Waals surface area contributed by atoms with Gasteiger partial charge < -0.3 is 26.0 Å². The number of carbonyl (C=O) groups is 3. The Morgan fingerprint density at radius 3 is 2.69 bits per heavy atom. The molecule has 1 saturated heterocycles.